The van der Waals surface area contributed by atoms with Crippen LogP contribution in [0.15, 0.2) is 11.1 Å². The predicted molar refractivity (Wildman–Crippen MR) is 51.3 cm³/mol. The molecular formula is C10H13NO4. The van der Waals surface area contributed by atoms with Crippen molar-refractivity contribution in [3.63, 3.8) is 0 Å². The zero-order chi connectivity index (χ0) is 11.1. The summed E-state index contributed by atoms with van der Waals surface area (Å²) >= 11 is 0. The number of carbonyl (C=O) groups excluding carboxylic acids is 1. The first-order valence-electron chi connectivity index (χ1n) is 4.95. The predicted octanol–water partition coefficient (Wildman–Crippen LogP) is 0.0665. The lowest BCUT2D eigenvalue weighted by Gasteiger charge is -2.33. The lowest BCUT2D eigenvalue weighted by molar-refractivity contribution is -0.150. The summed E-state index contributed by atoms with van der Waals surface area (Å²) in [7, 11) is 0. The summed E-state index contributed by atoms with van der Waals surface area (Å²) < 4.78 is 5.24. The zero-order valence-electron chi connectivity index (χ0n) is 8.50. The van der Waals surface area contributed by atoms with Crippen LogP contribution in [0.3, 0.4) is 0 Å². The molecular weight excluding hydrogens is 198 g/mol. The Morgan fingerprint density at radius 1 is 1.47 bits per heavy atom. The Hall–Kier alpha value is -1.36. The van der Waals surface area contributed by atoms with E-state index in [1.807, 2.05) is 0 Å². The molecule has 1 fully saturated rings. The van der Waals surface area contributed by atoms with Gasteiger partial charge in [-0.25, -0.2) is 9.59 Å². The molecule has 5 nitrogen and oxygen atoms in total. The van der Waals surface area contributed by atoms with Crippen molar-refractivity contribution in [2.45, 2.75) is 25.4 Å². The van der Waals surface area contributed by atoms with Crippen molar-refractivity contribution in [1.82, 2.24) is 5.32 Å². The summed E-state index contributed by atoms with van der Waals surface area (Å²) in [4.78, 5) is 22.5. The van der Waals surface area contributed by atoms with Crippen LogP contribution in [0.25, 0.3) is 0 Å². The number of carbonyl (C=O) groups is 2. The quantitative estimate of drug-likeness (QED) is 0.600. The van der Waals surface area contributed by atoms with Crippen molar-refractivity contribution < 1.29 is 19.4 Å². The van der Waals surface area contributed by atoms with Crippen LogP contribution in [0.5, 0.6) is 0 Å². The number of carboxylic acid groups (broad SMARTS) is 1. The van der Waals surface area contributed by atoms with Gasteiger partial charge in [-0.2, -0.15) is 0 Å². The van der Waals surface area contributed by atoms with Gasteiger partial charge in [-0.05, 0) is 20.0 Å². The summed E-state index contributed by atoms with van der Waals surface area (Å²) in [5.74, 6) is -1.53. The first-order chi connectivity index (χ1) is 7.07. The van der Waals surface area contributed by atoms with Crippen LogP contribution in [-0.4, -0.2) is 35.7 Å². The Bertz CT molecular complexity index is 352. The first-order valence-corrected chi connectivity index (χ1v) is 4.95. The molecule has 2 N–H and O–H groups in total. The van der Waals surface area contributed by atoms with Crippen LogP contribution in [-0.2, 0) is 14.3 Å². The number of hydrogen-bond acceptors (Lipinski definition) is 4. The summed E-state index contributed by atoms with van der Waals surface area (Å²) in [6.07, 6.45) is 1.08. The first kappa shape index (κ1) is 10.2. The third-order valence-corrected chi connectivity index (χ3v) is 3.05. The monoisotopic (exact) mass is 211 g/mol. The molecule has 2 heterocycles. The molecule has 1 spiro atoms. The molecule has 0 aromatic rings. The highest BCUT2D eigenvalue weighted by Gasteiger charge is 2.49. The molecule has 0 unspecified atom stereocenters. The number of hydrogen-bond donors (Lipinski definition) is 2. The van der Waals surface area contributed by atoms with E-state index in [-0.39, 0.29) is 11.1 Å². The smallest absolute Gasteiger partial charge is 0.336 e. The van der Waals surface area contributed by atoms with Crippen molar-refractivity contribution in [2.24, 2.45) is 0 Å². The fourth-order valence-corrected chi connectivity index (χ4v) is 2.29. The fraction of sp³-hybridized carbons (Fsp3) is 0.600. The van der Waals surface area contributed by atoms with E-state index in [4.69, 9.17) is 9.84 Å². The van der Waals surface area contributed by atoms with Crippen molar-refractivity contribution in [1.29, 1.82) is 0 Å². The van der Waals surface area contributed by atoms with Gasteiger partial charge < -0.3 is 15.2 Å². The number of rotatable bonds is 1. The summed E-state index contributed by atoms with van der Waals surface area (Å²) in [5, 5.41) is 12.2. The van der Waals surface area contributed by atoms with Gasteiger partial charge in [0.15, 0.2) is 0 Å². The molecule has 0 amide bonds. The van der Waals surface area contributed by atoms with Gasteiger partial charge in [0.1, 0.15) is 5.60 Å². The van der Waals surface area contributed by atoms with Crippen LogP contribution in [0.4, 0.5) is 0 Å². The average molecular weight is 211 g/mol. The number of carboxylic acids is 1. The number of ether oxygens (including phenoxy) is 1. The molecule has 15 heavy (non-hydrogen) atoms. The van der Waals surface area contributed by atoms with Gasteiger partial charge in [0.05, 0.1) is 5.57 Å². The lowest BCUT2D eigenvalue weighted by atomic mass is 9.84. The Morgan fingerprint density at radius 2 is 2.07 bits per heavy atom. The second-order valence-corrected chi connectivity index (χ2v) is 3.94. The SMILES string of the molecule is CC1=C(C(=O)O)C2(CCNCC2)OC1=O. The van der Waals surface area contributed by atoms with Crippen molar-refractivity contribution >= 4 is 11.9 Å². The maximum atomic E-state index is 11.4. The maximum Gasteiger partial charge on any atom is 0.336 e. The van der Waals surface area contributed by atoms with E-state index in [0.717, 1.165) is 0 Å². The standard InChI is InChI=1S/C10H13NO4/c1-6-7(8(12)13)10(15-9(6)14)2-4-11-5-3-10/h11H,2-5H2,1H3,(H,12,13). The van der Waals surface area contributed by atoms with Gasteiger partial charge in [0, 0.05) is 18.4 Å². The van der Waals surface area contributed by atoms with Gasteiger partial charge in [0.25, 0.3) is 0 Å². The molecule has 5 heteroatoms. The van der Waals surface area contributed by atoms with Crippen LogP contribution in [0.1, 0.15) is 19.8 Å². The molecule has 0 radical (unpaired) electrons. The Labute approximate surface area is 87.1 Å². The summed E-state index contributed by atoms with van der Waals surface area (Å²) in [6.45, 7) is 2.87. The van der Waals surface area contributed by atoms with Crippen LogP contribution in [0, 0.1) is 0 Å². The van der Waals surface area contributed by atoms with Crippen LogP contribution >= 0.6 is 0 Å². The van der Waals surface area contributed by atoms with Crippen molar-refractivity contribution in [3.05, 3.63) is 11.1 Å². The van der Waals surface area contributed by atoms with E-state index in [1.54, 1.807) is 0 Å². The number of esters is 1. The number of aliphatic carboxylic acids is 1. The van der Waals surface area contributed by atoms with E-state index in [1.165, 1.54) is 6.92 Å². The molecule has 1 saturated heterocycles. The van der Waals surface area contributed by atoms with Gasteiger partial charge in [0.2, 0.25) is 0 Å². The zero-order valence-corrected chi connectivity index (χ0v) is 8.50. The minimum absolute atomic E-state index is 0.147. The molecule has 0 saturated carbocycles. The Balaban J connectivity index is 2.41. The molecule has 0 bridgehead atoms. The maximum absolute atomic E-state index is 11.4. The normalized spacial score (nSPS) is 24.5. The lowest BCUT2D eigenvalue weighted by Crippen LogP contribution is -2.45. The van der Waals surface area contributed by atoms with Crippen molar-refractivity contribution in [3.8, 4) is 0 Å². The molecule has 2 aliphatic rings. The Kier molecular flexibility index (Phi) is 2.26. The molecule has 0 atom stereocenters. The number of piperidine rings is 1. The van der Waals surface area contributed by atoms with Gasteiger partial charge in [-0.15, -0.1) is 0 Å². The fourth-order valence-electron chi connectivity index (χ4n) is 2.29. The molecule has 0 aliphatic carbocycles. The highest BCUT2D eigenvalue weighted by atomic mass is 16.6. The van der Waals surface area contributed by atoms with E-state index in [2.05, 4.69) is 5.32 Å². The van der Waals surface area contributed by atoms with Gasteiger partial charge in [-0.1, -0.05) is 0 Å². The van der Waals surface area contributed by atoms with Gasteiger partial charge >= 0.3 is 11.9 Å². The second kappa shape index (κ2) is 3.34. The second-order valence-electron chi connectivity index (χ2n) is 3.94. The van der Waals surface area contributed by atoms with E-state index in [0.29, 0.717) is 25.9 Å². The van der Waals surface area contributed by atoms with E-state index >= 15 is 0 Å². The topological polar surface area (TPSA) is 75.6 Å². The summed E-state index contributed by atoms with van der Waals surface area (Å²) in [6, 6.07) is 0. The molecule has 82 valence electrons. The highest BCUT2D eigenvalue weighted by Crippen LogP contribution is 2.39. The minimum Gasteiger partial charge on any atom is -0.478 e. The number of nitrogens with one attached hydrogen (secondary N) is 1. The van der Waals surface area contributed by atoms with Crippen LogP contribution < -0.4 is 5.32 Å². The Morgan fingerprint density at radius 3 is 2.60 bits per heavy atom. The molecule has 2 aliphatic heterocycles. The van der Waals surface area contributed by atoms with E-state index < -0.39 is 17.5 Å². The van der Waals surface area contributed by atoms with E-state index in [9.17, 15) is 9.59 Å². The molecule has 2 rings (SSSR count). The van der Waals surface area contributed by atoms with Crippen molar-refractivity contribution in [2.75, 3.05) is 13.1 Å². The minimum atomic E-state index is -1.04. The largest absolute Gasteiger partial charge is 0.478 e. The third kappa shape index (κ3) is 1.43. The molecule has 0 aromatic heterocycles. The average Bonchev–Trinajstić information content (AvgIpc) is 2.40. The molecule has 0 aromatic carbocycles. The van der Waals surface area contributed by atoms with Gasteiger partial charge in [-0.3, -0.25) is 0 Å². The highest BCUT2D eigenvalue weighted by molar-refractivity contribution is 6.04. The summed E-state index contributed by atoms with van der Waals surface area (Å²) in [5.41, 5.74) is -0.489. The third-order valence-electron chi connectivity index (χ3n) is 3.05. The van der Waals surface area contributed by atoms with Crippen LogP contribution in [0.2, 0.25) is 0 Å².